The number of hydrogen-bond acceptors (Lipinski definition) is 3. The van der Waals surface area contributed by atoms with Gasteiger partial charge in [0.15, 0.2) is 5.65 Å². The highest BCUT2D eigenvalue weighted by Crippen LogP contribution is 2.05. The average molecular weight is 217 g/mol. The summed E-state index contributed by atoms with van der Waals surface area (Å²) >= 11 is 0. The van der Waals surface area contributed by atoms with Crippen molar-refractivity contribution in [1.29, 1.82) is 0 Å². The fourth-order valence-corrected chi connectivity index (χ4v) is 0.978. The zero-order valence-electron chi connectivity index (χ0n) is 7.38. The first-order chi connectivity index (χ1) is 5.79. The van der Waals surface area contributed by atoms with E-state index >= 15 is 0 Å². The third kappa shape index (κ3) is 1.81. The Labute approximate surface area is 85.6 Å². The van der Waals surface area contributed by atoms with Gasteiger partial charge in [-0.15, -0.1) is 0 Å². The van der Waals surface area contributed by atoms with Gasteiger partial charge in [-0.2, -0.15) is 5.10 Å². The second kappa shape index (κ2) is 4.54. The van der Waals surface area contributed by atoms with Gasteiger partial charge in [0.05, 0.1) is 6.20 Å². The minimum atomic E-state index is -1.01. The molecule has 0 bridgehead atoms. The van der Waals surface area contributed by atoms with Crippen molar-refractivity contribution in [1.82, 2.24) is 20.7 Å². The fraction of sp³-hybridized carbons (Fsp3) is 0. The number of carboxylic acid groups (broad SMARTS) is 1. The molecule has 0 unspecified atom stereocenters. The van der Waals surface area contributed by atoms with Crippen LogP contribution in [0.4, 0.5) is 0 Å². The van der Waals surface area contributed by atoms with Crippen LogP contribution in [-0.4, -0.2) is 25.7 Å². The molecule has 2 aromatic heterocycles. The second-order valence-corrected chi connectivity index (χ2v) is 2.25. The number of fused-ring (bicyclic) bond motifs is 1. The maximum atomic E-state index is 10.6. The molecule has 0 aliphatic rings. The molecule has 0 fully saturated rings. The Hall–Kier alpha value is -1.66. The zero-order chi connectivity index (χ0) is 8.55. The lowest BCUT2D eigenvalue weighted by atomic mass is 10.3. The summed E-state index contributed by atoms with van der Waals surface area (Å²) in [7, 11) is 0. The molecule has 6 nitrogen and oxygen atoms in total. The number of hydrogen-bond donors (Lipinski definition) is 2. The number of aromatic carboxylic acids is 1. The topological polar surface area (TPSA) is 104 Å². The van der Waals surface area contributed by atoms with Crippen LogP contribution in [0.5, 0.6) is 0 Å². The maximum Gasteiger partial charge on any atom is 0.341 e. The van der Waals surface area contributed by atoms with E-state index < -0.39 is 5.97 Å². The molecular weight excluding hydrogens is 208 g/mol. The third-order valence-corrected chi connectivity index (χ3v) is 1.51. The third-order valence-electron chi connectivity index (χ3n) is 1.51. The highest BCUT2D eigenvalue weighted by molar-refractivity contribution is 5.93. The zero-order valence-corrected chi connectivity index (χ0v) is 8.14. The van der Waals surface area contributed by atoms with Crippen LogP contribution < -0.4 is 18.6 Å². The quantitative estimate of drug-likeness (QED) is 0.565. The van der Waals surface area contributed by atoms with Gasteiger partial charge >= 0.3 is 5.97 Å². The molecule has 0 saturated heterocycles. The van der Waals surface area contributed by atoms with Crippen LogP contribution in [0.15, 0.2) is 24.7 Å². The largest absolute Gasteiger partial charge is 1.00 e. The molecule has 7 heteroatoms. The summed E-state index contributed by atoms with van der Waals surface area (Å²) in [5.74, 6) is -1.01. The van der Waals surface area contributed by atoms with Crippen LogP contribution in [0.3, 0.4) is 0 Å². The predicted molar refractivity (Wildman–Crippen MR) is 45.9 cm³/mol. The first-order valence-corrected chi connectivity index (χ1v) is 3.30. The van der Waals surface area contributed by atoms with Crippen molar-refractivity contribution in [3.8, 4) is 0 Å². The van der Waals surface area contributed by atoms with Gasteiger partial charge in [0.2, 0.25) is 0 Å². The minimum absolute atomic E-state index is 0. The fourth-order valence-electron chi connectivity index (χ4n) is 0.978. The van der Waals surface area contributed by atoms with Crippen LogP contribution in [0.25, 0.3) is 5.65 Å². The summed E-state index contributed by atoms with van der Waals surface area (Å²) in [4.78, 5) is 14.5. The number of nitrogens with zero attached hydrogens (tertiary/aromatic N) is 3. The smallest absolute Gasteiger partial charge is 0.341 e. The van der Waals surface area contributed by atoms with Crippen molar-refractivity contribution in [2.24, 2.45) is 0 Å². The standard InChI is InChI=1S/C7H5N3O2.ClH.H3N/c11-7(12)5-4-9-10-3-1-2-8-6(5)10;;/h1-4H,(H,11,12);1H;1H3. The van der Waals surface area contributed by atoms with Crippen molar-refractivity contribution < 1.29 is 22.3 Å². The Bertz CT molecular complexity index is 442. The molecule has 14 heavy (non-hydrogen) atoms. The van der Waals surface area contributed by atoms with E-state index in [0.29, 0.717) is 5.65 Å². The van der Waals surface area contributed by atoms with Crippen molar-refractivity contribution in [2.75, 3.05) is 0 Å². The molecule has 2 aromatic rings. The summed E-state index contributed by atoms with van der Waals surface area (Å²) in [6, 6.07) is 1.69. The van der Waals surface area contributed by atoms with E-state index in [0.717, 1.165) is 0 Å². The van der Waals surface area contributed by atoms with Gasteiger partial charge in [-0.3, -0.25) is 0 Å². The summed E-state index contributed by atoms with van der Waals surface area (Å²) in [6.07, 6.45) is 4.46. The predicted octanol–water partition coefficient (Wildman–Crippen LogP) is -2.19. The van der Waals surface area contributed by atoms with E-state index in [1.165, 1.54) is 16.9 Å². The van der Waals surface area contributed by atoms with Crippen molar-refractivity contribution in [2.45, 2.75) is 0 Å². The highest BCUT2D eigenvalue weighted by Gasteiger charge is 2.10. The van der Waals surface area contributed by atoms with Crippen LogP contribution in [0, 0.1) is 0 Å². The summed E-state index contributed by atoms with van der Waals surface area (Å²) in [6.45, 7) is 0. The van der Waals surface area contributed by atoms with Crippen LogP contribution in [0.2, 0.25) is 0 Å². The summed E-state index contributed by atoms with van der Waals surface area (Å²) in [5, 5.41) is 12.5. The first-order valence-electron chi connectivity index (χ1n) is 3.30. The van der Waals surface area contributed by atoms with Gasteiger partial charge in [0.1, 0.15) is 5.56 Å². The van der Waals surface area contributed by atoms with Gasteiger partial charge < -0.3 is 23.7 Å². The molecule has 0 atom stereocenters. The Balaban J connectivity index is 0.000000845. The lowest BCUT2D eigenvalue weighted by Crippen LogP contribution is -3.00. The Morgan fingerprint density at radius 3 is 2.86 bits per heavy atom. The van der Waals surface area contributed by atoms with Crippen molar-refractivity contribution in [3.05, 3.63) is 30.2 Å². The maximum absolute atomic E-state index is 10.6. The van der Waals surface area contributed by atoms with Crippen molar-refractivity contribution >= 4 is 11.6 Å². The Morgan fingerprint density at radius 2 is 2.21 bits per heavy atom. The molecule has 2 rings (SSSR count). The van der Waals surface area contributed by atoms with Gasteiger partial charge in [-0.05, 0) is 6.07 Å². The molecule has 0 amide bonds. The lowest BCUT2D eigenvalue weighted by molar-refractivity contribution is -0.0000188. The Morgan fingerprint density at radius 1 is 1.50 bits per heavy atom. The van der Waals surface area contributed by atoms with E-state index in [9.17, 15) is 4.79 Å². The second-order valence-electron chi connectivity index (χ2n) is 2.25. The molecule has 76 valence electrons. The van der Waals surface area contributed by atoms with Gasteiger partial charge in [0.25, 0.3) is 0 Å². The average Bonchev–Trinajstić information content (AvgIpc) is 2.47. The molecule has 5 N–H and O–H groups in total. The molecule has 2 heterocycles. The lowest BCUT2D eigenvalue weighted by Gasteiger charge is -1.90. The Kier molecular flexibility index (Phi) is 4.00. The molecule has 0 saturated carbocycles. The minimum Gasteiger partial charge on any atom is -1.00 e. The number of rotatable bonds is 1. The number of quaternary nitrogens is 1. The van der Waals surface area contributed by atoms with Gasteiger partial charge in [0, 0.05) is 12.4 Å². The molecule has 0 aliphatic heterocycles. The van der Waals surface area contributed by atoms with E-state index in [1.807, 2.05) is 0 Å². The van der Waals surface area contributed by atoms with E-state index in [1.54, 1.807) is 12.3 Å². The van der Waals surface area contributed by atoms with Crippen LogP contribution in [-0.2, 0) is 0 Å². The molecule has 0 spiro atoms. The number of aromatic nitrogens is 3. The summed E-state index contributed by atoms with van der Waals surface area (Å²) < 4.78 is 1.42. The summed E-state index contributed by atoms with van der Waals surface area (Å²) in [5.41, 5.74) is 0.487. The van der Waals surface area contributed by atoms with E-state index in [4.69, 9.17) is 5.11 Å². The number of halogens is 1. The normalized spacial score (nSPS) is 8.86. The molecule has 0 aromatic carbocycles. The SMILES string of the molecule is O=C(O)c1cnn2cccnc12.[Cl-].[NH4+]. The van der Waals surface area contributed by atoms with E-state index in [2.05, 4.69) is 10.1 Å². The van der Waals surface area contributed by atoms with Gasteiger partial charge in [-0.25, -0.2) is 14.3 Å². The first kappa shape index (κ1) is 12.3. The monoisotopic (exact) mass is 216 g/mol. The number of carboxylic acids is 1. The van der Waals surface area contributed by atoms with Crippen LogP contribution in [0.1, 0.15) is 10.4 Å². The van der Waals surface area contributed by atoms with E-state index in [-0.39, 0.29) is 24.1 Å². The van der Waals surface area contributed by atoms with Crippen molar-refractivity contribution in [3.63, 3.8) is 0 Å². The molecule has 0 aliphatic carbocycles. The highest BCUT2D eigenvalue weighted by atomic mass is 35.5. The molecular formula is C7H9ClN4O2. The van der Waals surface area contributed by atoms with Crippen LogP contribution >= 0.6 is 0 Å². The molecule has 0 radical (unpaired) electrons. The number of carbonyl (C=O) groups is 1. The van der Waals surface area contributed by atoms with Gasteiger partial charge in [-0.1, -0.05) is 0 Å².